The molecule has 4 nitrogen and oxygen atoms in total. The molecule has 0 amide bonds. The van der Waals surface area contributed by atoms with Crippen LogP contribution >= 0.6 is 0 Å². The highest BCUT2D eigenvalue weighted by Crippen LogP contribution is 2.39. The van der Waals surface area contributed by atoms with Gasteiger partial charge in [0, 0.05) is 13.6 Å². The molecule has 0 radical (unpaired) electrons. The summed E-state index contributed by atoms with van der Waals surface area (Å²) >= 11 is 0. The van der Waals surface area contributed by atoms with Gasteiger partial charge < -0.3 is 5.73 Å². The summed E-state index contributed by atoms with van der Waals surface area (Å²) in [5.74, 6) is 0.364. The van der Waals surface area contributed by atoms with Gasteiger partial charge in [-0.2, -0.15) is 0 Å². The molecule has 2 unspecified atom stereocenters. The number of sulfonamides is 1. The van der Waals surface area contributed by atoms with Crippen LogP contribution in [0.4, 0.5) is 10.1 Å². The van der Waals surface area contributed by atoms with Gasteiger partial charge in [-0.1, -0.05) is 6.92 Å². The van der Waals surface area contributed by atoms with Crippen molar-refractivity contribution in [1.29, 1.82) is 0 Å². The summed E-state index contributed by atoms with van der Waals surface area (Å²) in [4.78, 5) is -0.154. The van der Waals surface area contributed by atoms with E-state index in [1.54, 1.807) is 0 Å². The van der Waals surface area contributed by atoms with Crippen LogP contribution in [0, 0.1) is 17.7 Å². The van der Waals surface area contributed by atoms with Gasteiger partial charge in [0.25, 0.3) is 0 Å². The van der Waals surface area contributed by atoms with Crippen LogP contribution in [-0.4, -0.2) is 26.3 Å². The van der Waals surface area contributed by atoms with Crippen molar-refractivity contribution in [2.75, 3.05) is 19.3 Å². The second-order valence-electron chi connectivity index (χ2n) is 4.94. The molecule has 2 rings (SSSR count). The predicted molar refractivity (Wildman–Crippen MR) is 67.9 cm³/mol. The molecule has 2 N–H and O–H groups in total. The molecule has 0 aliphatic heterocycles. The van der Waals surface area contributed by atoms with Gasteiger partial charge >= 0.3 is 0 Å². The fraction of sp³-hybridized carbons (Fsp3) is 0.500. The van der Waals surface area contributed by atoms with Crippen LogP contribution in [-0.2, 0) is 10.0 Å². The SMILES string of the molecule is CC1CC1CN(C)S(=O)(=O)c1cc(F)ccc1N. The van der Waals surface area contributed by atoms with Crippen LogP contribution in [0.1, 0.15) is 13.3 Å². The standard InChI is InChI=1S/C12H17FN2O2S/c1-8-5-9(8)7-15(2)18(16,17)12-6-10(13)3-4-11(12)14/h3-4,6,8-9H,5,7,14H2,1-2H3. The van der Waals surface area contributed by atoms with Gasteiger partial charge in [0.2, 0.25) is 10.0 Å². The highest BCUT2D eigenvalue weighted by molar-refractivity contribution is 7.89. The minimum absolute atomic E-state index is 0.0760. The molecule has 0 saturated heterocycles. The fourth-order valence-corrected chi connectivity index (χ4v) is 3.33. The van der Waals surface area contributed by atoms with Crippen LogP contribution in [0.2, 0.25) is 0 Å². The summed E-state index contributed by atoms with van der Waals surface area (Å²) in [5, 5.41) is 0. The van der Waals surface area contributed by atoms with E-state index in [1.807, 2.05) is 0 Å². The van der Waals surface area contributed by atoms with E-state index in [0.29, 0.717) is 18.4 Å². The Morgan fingerprint density at radius 1 is 1.50 bits per heavy atom. The number of nitrogens with zero attached hydrogens (tertiary/aromatic N) is 1. The first kappa shape index (κ1) is 13.3. The van der Waals surface area contributed by atoms with E-state index in [1.165, 1.54) is 17.4 Å². The molecule has 1 aliphatic carbocycles. The molecule has 1 aromatic rings. The zero-order valence-electron chi connectivity index (χ0n) is 10.4. The lowest BCUT2D eigenvalue weighted by Crippen LogP contribution is -2.30. The highest BCUT2D eigenvalue weighted by atomic mass is 32.2. The molecule has 6 heteroatoms. The first-order chi connectivity index (χ1) is 8.32. The normalized spacial score (nSPS) is 23.3. The molecular weight excluding hydrogens is 255 g/mol. The van der Waals surface area contributed by atoms with E-state index in [0.717, 1.165) is 18.6 Å². The monoisotopic (exact) mass is 272 g/mol. The van der Waals surface area contributed by atoms with Crippen molar-refractivity contribution in [1.82, 2.24) is 4.31 Å². The highest BCUT2D eigenvalue weighted by Gasteiger charge is 2.36. The molecule has 0 bridgehead atoms. The summed E-state index contributed by atoms with van der Waals surface area (Å²) < 4.78 is 38.9. The average Bonchev–Trinajstić information content (AvgIpc) is 2.97. The number of anilines is 1. The minimum Gasteiger partial charge on any atom is -0.398 e. The largest absolute Gasteiger partial charge is 0.398 e. The lowest BCUT2D eigenvalue weighted by atomic mass is 10.3. The number of halogens is 1. The van der Waals surface area contributed by atoms with Gasteiger partial charge in [0.05, 0.1) is 5.69 Å². The van der Waals surface area contributed by atoms with Crippen molar-refractivity contribution in [3.05, 3.63) is 24.0 Å². The van der Waals surface area contributed by atoms with Crippen LogP contribution in [0.3, 0.4) is 0 Å². The number of nitrogen functional groups attached to an aromatic ring is 1. The van der Waals surface area contributed by atoms with Crippen molar-refractivity contribution in [3.63, 3.8) is 0 Å². The molecular formula is C12H17FN2O2S. The number of rotatable bonds is 4. The molecule has 0 aromatic heterocycles. The van der Waals surface area contributed by atoms with Gasteiger partial charge in [-0.3, -0.25) is 0 Å². The molecule has 1 fully saturated rings. The van der Waals surface area contributed by atoms with E-state index < -0.39 is 15.8 Å². The maximum absolute atomic E-state index is 13.1. The predicted octanol–water partition coefficient (Wildman–Crippen LogP) is 1.68. The lowest BCUT2D eigenvalue weighted by Gasteiger charge is -2.18. The van der Waals surface area contributed by atoms with Crippen LogP contribution < -0.4 is 5.73 Å². The van der Waals surface area contributed by atoms with Crippen LogP contribution in [0.15, 0.2) is 23.1 Å². The van der Waals surface area contributed by atoms with E-state index in [2.05, 4.69) is 6.92 Å². The zero-order chi connectivity index (χ0) is 13.5. The summed E-state index contributed by atoms with van der Waals surface area (Å²) in [5.41, 5.74) is 5.69. The summed E-state index contributed by atoms with van der Waals surface area (Å²) in [7, 11) is -2.20. The summed E-state index contributed by atoms with van der Waals surface area (Å²) in [6, 6.07) is 3.39. The van der Waals surface area contributed by atoms with E-state index in [4.69, 9.17) is 5.73 Å². The Balaban J connectivity index is 2.26. The minimum atomic E-state index is -3.70. The first-order valence-electron chi connectivity index (χ1n) is 5.83. The second-order valence-corrected chi connectivity index (χ2v) is 6.95. The second kappa shape index (κ2) is 4.51. The van der Waals surface area contributed by atoms with Crippen molar-refractivity contribution >= 4 is 15.7 Å². The molecule has 100 valence electrons. The quantitative estimate of drug-likeness (QED) is 0.848. The maximum atomic E-state index is 13.1. The van der Waals surface area contributed by atoms with Gasteiger partial charge in [-0.15, -0.1) is 0 Å². The number of hydrogen-bond donors (Lipinski definition) is 1. The van der Waals surface area contributed by atoms with Gasteiger partial charge in [0.15, 0.2) is 0 Å². The van der Waals surface area contributed by atoms with Crippen molar-refractivity contribution in [3.8, 4) is 0 Å². The van der Waals surface area contributed by atoms with Gasteiger partial charge in [0.1, 0.15) is 10.7 Å². The number of hydrogen-bond acceptors (Lipinski definition) is 3. The molecule has 2 atom stereocenters. The van der Waals surface area contributed by atoms with Crippen LogP contribution in [0.25, 0.3) is 0 Å². The van der Waals surface area contributed by atoms with Crippen molar-refractivity contribution < 1.29 is 12.8 Å². The lowest BCUT2D eigenvalue weighted by molar-refractivity contribution is 0.444. The Bertz CT molecular complexity index is 559. The Labute approximate surface area is 107 Å². The maximum Gasteiger partial charge on any atom is 0.244 e. The van der Waals surface area contributed by atoms with Gasteiger partial charge in [-0.25, -0.2) is 17.1 Å². The Kier molecular flexibility index (Phi) is 3.33. The Morgan fingerprint density at radius 3 is 2.67 bits per heavy atom. The molecule has 1 aromatic carbocycles. The van der Waals surface area contributed by atoms with Gasteiger partial charge in [-0.05, 0) is 36.5 Å². The zero-order valence-corrected chi connectivity index (χ0v) is 11.2. The topological polar surface area (TPSA) is 63.4 Å². The average molecular weight is 272 g/mol. The Morgan fingerprint density at radius 2 is 2.11 bits per heavy atom. The molecule has 18 heavy (non-hydrogen) atoms. The molecule has 0 spiro atoms. The molecule has 0 heterocycles. The first-order valence-corrected chi connectivity index (χ1v) is 7.27. The molecule has 1 saturated carbocycles. The van der Waals surface area contributed by atoms with Crippen molar-refractivity contribution in [2.24, 2.45) is 11.8 Å². The molecule has 1 aliphatic rings. The fourth-order valence-electron chi connectivity index (χ4n) is 1.98. The third-order valence-electron chi connectivity index (χ3n) is 3.43. The number of benzene rings is 1. The third-order valence-corrected chi connectivity index (χ3v) is 5.31. The Hall–Kier alpha value is -1.14. The van der Waals surface area contributed by atoms with E-state index >= 15 is 0 Å². The number of nitrogens with two attached hydrogens (primary N) is 1. The third kappa shape index (κ3) is 2.49. The smallest absolute Gasteiger partial charge is 0.244 e. The van der Waals surface area contributed by atoms with E-state index in [-0.39, 0.29) is 10.6 Å². The van der Waals surface area contributed by atoms with Crippen LogP contribution in [0.5, 0.6) is 0 Å². The summed E-state index contributed by atoms with van der Waals surface area (Å²) in [6.07, 6.45) is 1.04. The summed E-state index contributed by atoms with van der Waals surface area (Å²) in [6.45, 7) is 2.54. The van der Waals surface area contributed by atoms with E-state index in [9.17, 15) is 12.8 Å². The van der Waals surface area contributed by atoms with Crippen molar-refractivity contribution in [2.45, 2.75) is 18.2 Å².